The number of carbonyl (C=O) groups excluding carboxylic acids is 1. The van der Waals surface area contributed by atoms with Gasteiger partial charge in [0.25, 0.3) is 5.91 Å². The summed E-state index contributed by atoms with van der Waals surface area (Å²) in [6, 6.07) is 4.87. The van der Waals surface area contributed by atoms with E-state index in [-0.39, 0.29) is 10.4 Å². The molecule has 0 atom stereocenters. The first-order valence-electron chi connectivity index (χ1n) is 7.08. The Morgan fingerprint density at radius 3 is 2.11 bits per heavy atom. The third kappa shape index (κ3) is 3.73. The maximum absolute atomic E-state index is 13.3. The number of benzene rings is 1. The largest absolute Gasteiger partial charge is 0.478 e. The molecule has 0 radical (unpaired) electrons. The van der Waals surface area contributed by atoms with Gasteiger partial charge in [0, 0.05) is 14.1 Å². The van der Waals surface area contributed by atoms with E-state index in [1.807, 2.05) is 0 Å². The lowest BCUT2D eigenvalue weighted by atomic mass is 10.1. The Labute approximate surface area is 147 Å². The molecule has 2 aromatic rings. The van der Waals surface area contributed by atoms with E-state index in [2.05, 4.69) is 5.10 Å². The van der Waals surface area contributed by atoms with Crippen molar-refractivity contribution < 1.29 is 41.0 Å². The van der Waals surface area contributed by atoms with Crippen molar-refractivity contribution in [1.82, 2.24) is 9.78 Å². The number of aromatic nitrogens is 2. The molecule has 1 N–H and O–H groups in total. The van der Waals surface area contributed by atoms with Crippen LogP contribution >= 0.6 is 0 Å². The molecule has 0 aliphatic heterocycles. The number of aryl methyl sites for hydroxylation is 1. The number of anilines is 1. The van der Waals surface area contributed by atoms with E-state index in [9.17, 15) is 35.9 Å². The van der Waals surface area contributed by atoms with E-state index in [1.165, 1.54) is 12.1 Å². The third-order valence-corrected chi connectivity index (χ3v) is 3.60. The highest BCUT2D eigenvalue weighted by Gasteiger charge is 2.50. The van der Waals surface area contributed by atoms with E-state index in [1.54, 1.807) is 0 Å². The highest BCUT2D eigenvalue weighted by molar-refractivity contribution is 6.09. The van der Waals surface area contributed by atoms with Crippen molar-refractivity contribution in [2.45, 2.75) is 12.4 Å². The molecular formula is C15H11F6N3O3. The SMILES string of the molecule is CN(C(=O)c1c(C(F)(F)F)c(C(F)(F)F)nn1C)c1ccccc1C(=O)O. The fraction of sp³-hybridized carbons (Fsp3) is 0.267. The third-order valence-electron chi connectivity index (χ3n) is 3.60. The van der Waals surface area contributed by atoms with Crippen LogP contribution in [0.1, 0.15) is 32.1 Å². The first-order valence-corrected chi connectivity index (χ1v) is 7.08. The van der Waals surface area contributed by atoms with Crippen LogP contribution in [0.3, 0.4) is 0 Å². The summed E-state index contributed by atoms with van der Waals surface area (Å²) >= 11 is 0. The predicted molar refractivity (Wildman–Crippen MR) is 79.3 cm³/mol. The Hall–Kier alpha value is -3.05. The Bertz CT molecular complexity index is 901. The molecule has 0 bridgehead atoms. The summed E-state index contributed by atoms with van der Waals surface area (Å²) in [6.45, 7) is 0. The summed E-state index contributed by atoms with van der Waals surface area (Å²) in [4.78, 5) is 24.3. The number of nitrogens with zero attached hydrogens (tertiary/aromatic N) is 3. The van der Waals surface area contributed by atoms with Crippen molar-refractivity contribution in [1.29, 1.82) is 0 Å². The fourth-order valence-electron chi connectivity index (χ4n) is 2.45. The lowest BCUT2D eigenvalue weighted by molar-refractivity contribution is -0.164. The molecule has 0 unspecified atom stereocenters. The van der Waals surface area contributed by atoms with Gasteiger partial charge in [-0.1, -0.05) is 12.1 Å². The minimum absolute atomic E-state index is 0.174. The maximum Gasteiger partial charge on any atom is 0.435 e. The van der Waals surface area contributed by atoms with Gasteiger partial charge in [-0.3, -0.25) is 9.48 Å². The maximum atomic E-state index is 13.3. The molecule has 1 heterocycles. The standard InChI is InChI=1S/C15H11F6N3O3/c1-23(8-6-4-3-5-7(8)13(26)27)12(25)10-9(14(16,17)18)11(15(19,20)21)22-24(10)2/h3-6H,1-2H3,(H,26,27). The van der Waals surface area contributed by atoms with Crippen LogP contribution in [0.15, 0.2) is 24.3 Å². The summed E-state index contributed by atoms with van der Waals surface area (Å²) in [5.74, 6) is -2.97. The van der Waals surface area contributed by atoms with Crippen molar-refractivity contribution in [3.05, 3.63) is 46.8 Å². The van der Waals surface area contributed by atoms with Gasteiger partial charge in [0.2, 0.25) is 0 Å². The Morgan fingerprint density at radius 1 is 1.07 bits per heavy atom. The molecule has 146 valence electrons. The van der Waals surface area contributed by atoms with Crippen LogP contribution in [0, 0.1) is 0 Å². The number of para-hydroxylation sites is 1. The van der Waals surface area contributed by atoms with Crippen LogP contribution in [-0.4, -0.2) is 33.8 Å². The normalized spacial score (nSPS) is 12.1. The highest BCUT2D eigenvalue weighted by Crippen LogP contribution is 2.42. The van der Waals surface area contributed by atoms with Crippen LogP contribution in [0.2, 0.25) is 0 Å². The molecule has 0 fully saturated rings. The number of carbonyl (C=O) groups is 2. The Balaban J connectivity index is 2.67. The molecule has 0 aliphatic rings. The fourth-order valence-corrected chi connectivity index (χ4v) is 2.45. The molecule has 2 rings (SSSR count). The van der Waals surface area contributed by atoms with Crippen LogP contribution in [-0.2, 0) is 19.4 Å². The summed E-state index contributed by atoms with van der Waals surface area (Å²) in [5, 5.41) is 11.9. The van der Waals surface area contributed by atoms with Crippen LogP contribution in [0.25, 0.3) is 0 Å². The van der Waals surface area contributed by atoms with E-state index >= 15 is 0 Å². The van der Waals surface area contributed by atoms with E-state index in [0.717, 1.165) is 26.2 Å². The zero-order valence-electron chi connectivity index (χ0n) is 13.7. The minimum Gasteiger partial charge on any atom is -0.478 e. The van der Waals surface area contributed by atoms with Gasteiger partial charge in [-0.15, -0.1) is 0 Å². The molecule has 27 heavy (non-hydrogen) atoms. The molecule has 1 aromatic heterocycles. The van der Waals surface area contributed by atoms with Gasteiger partial charge in [0.1, 0.15) is 11.3 Å². The number of hydrogen-bond acceptors (Lipinski definition) is 3. The first kappa shape index (κ1) is 20.3. The van der Waals surface area contributed by atoms with E-state index in [4.69, 9.17) is 5.11 Å². The predicted octanol–water partition coefficient (Wildman–Crippen LogP) is 3.43. The average Bonchev–Trinajstić information content (AvgIpc) is 2.91. The topological polar surface area (TPSA) is 75.4 Å². The molecule has 0 spiro atoms. The number of carboxylic acids is 1. The van der Waals surface area contributed by atoms with Gasteiger partial charge >= 0.3 is 18.3 Å². The number of carboxylic acid groups (broad SMARTS) is 1. The number of halogens is 6. The zero-order chi connectivity index (χ0) is 20.7. The summed E-state index contributed by atoms with van der Waals surface area (Å²) in [5.41, 5.74) is -6.56. The number of rotatable bonds is 3. The van der Waals surface area contributed by atoms with Crippen LogP contribution in [0.5, 0.6) is 0 Å². The van der Waals surface area contributed by atoms with Crippen molar-refractivity contribution in [3.63, 3.8) is 0 Å². The molecule has 0 aliphatic carbocycles. The van der Waals surface area contributed by atoms with E-state index in [0.29, 0.717) is 4.90 Å². The first-order chi connectivity index (χ1) is 12.3. The Kier molecular flexibility index (Phi) is 4.95. The summed E-state index contributed by atoms with van der Waals surface area (Å²) in [7, 11) is 1.71. The summed E-state index contributed by atoms with van der Waals surface area (Å²) < 4.78 is 78.8. The molecule has 0 saturated heterocycles. The van der Waals surface area contributed by atoms with Gasteiger partial charge < -0.3 is 10.0 Å². The Morgan fingerprint density at radius 2 is 1.63 bits per heavy atom. The van der Waals surface area contributed by atoms with Gasteiger partial charge in [-0.2, -0.15) is 31.4 Å². The van der Waals surface area contributed by atoms with Crippen LogP contribution < -0.4 is 4.90 Å². The smallest absolute Gasteiger partial charge is 0.435 e. The molecule has 1 aromatic carbocycles. The summed E-state index contributed by atoms with van der Waals surface area (Å²) in [6.07, 6.45) is -11.0. The monoisotopic (exact) mass is 395 g/mol. The van der Waals surface area contributed by atoms with Crippen molar-refractivity contribution in [2.24, 2.45) is 7.05 Å². The van der Waals surface area contributed by atoms with Gasteiger partial charge in [0.15, 0.2) is 5.69 Å². The average molecular weight is 395 g/mol. The number of amides is 1. The molecule has 12 heteroatoms. The molecule has 6 nitrogen and oxygen atoms in total. The van der Waals surface area contributed by atoms with Crippen LogP contribution in [0.4, 0.5) is 32.0 Å². The van der Waals surface area contributed by atoms with Crippen molar-refractivity contribution >= 4 is 17.6 Å². The molecule has 0 saturated carbocycles. The number of hydrogen-bond donors (Lipinski definition) is 1. The zero-order valence-corrected chi connectivity index (χ0v) is 13.7. The lowest BCUT2D eigenvalue weighted by Crippen LogP contribution is -2.31. The van der Waals surface area contributed by atoms with Gasteiger partial charge in [-0.05, 0) is 12.1 Å². The quantitative estimate of drug-likeness (QED) is 0.808. The minimum atomic E-state index is -5.52. The second-order valence-corrected chi connectivity index (χ2v) is 5.38. The molecular weight excluding hydrogens is 384 g/mol. The van der Waals surface area contributed by atoms with Crippen molar-refractivity contribution in [3.8, 4) is 0 Å². The highest BCUT2D eigenvalue weighted by atomic mass is 19.4. The lowest BCUT2D eigenvalue weighted by Gasteiger charge is -2.20. The van der Waals surface area contributed by atoms with E-state index < -0.39 is 46.7 Å². The number of alkyl halides is 6. The van der Waals surface area contributed by atoms with Crippen molar-refractivity contribution in [2.75, 3.05) is 11.9 Å². The van der Waals surface area contributed by atoms with Gasteiger partial charge in [0.05, 0.1) is 11.3 Å². The second kappa shape index (κ2) is 6.59. The molecule has 1 amide bonds. The second-order valence-electron chi connectivity index (χ2n) is 5.38. The number of aromatic carboxylic acids is 1. The van der Waals surface area contributed by atoms with Gasteiger partial charge in [-0.25, -0.2) is 4.79 Å².